The van der Waals surface area contributed by atoms with Gasteiger partial charge in [0.05, 0.1) is 6.61 Å². The van der Waals surface area contributed by atoms with E-state index in [9.17, 15) is 0 Å². The molecule has 0 aromatic heterocycles. The summed E-state index contributed by atoms with van der Waals surface area (Å²) in [5.74, 6) is 0.869. The Balaban J connectivity index is 1.91. The van der Waals surface area contributed by atoms with Gasteiger partial charge >= 0.3 is 8.56 Å². The van der Waals surface area contributed by atoms with Gasteiger partial charge in [0.15, 0.2) is 6.29 Å². The molecule has 1 unspecified atom stereocenters. The van der Waals surface area contributed by atoms with Crippen LogP contribution in [0.1, 0.15) is 6.42 Å². The third-order valence-electron chi connectivity index (χ3n) is 2.18. The molecular weight excluding hydrogens is 208 g/mol. The van der Waals surface area contributed by atoms with Crippen molar-refractivity contribution in [3.05, 3.63) is 30.3 Å². The highest BCUT2D eigenvalue weighted by Crippen LogP contribution is 2.21. The van der Waals surface area contributed by atoms with Gasteiger partial charge in [-0.25, -0.2) is 0 Å². The summed E-state index contributed by atoms with van der Waals surface area (Å²) in [7, 11) is -2.10. The van der Waals surface area contributed by atoms with E-state index in [-0.39, 0.29) is 6.29 Å². The number of ether oxygens (including phenoxy) is 1. The predicted octanol–water partition coefficient (Wildman–Crippen LogP) is 2.53. The van der Waals surface area contributed by atoms with Crippen LogP contribution in [-0.4, -0.2) is 21.5 Å². The van der Waals surface area contributed by atoms with Crippen molar-refractivity contribution < 1.29 is 13.6 Å². The fourth-order valence-corrected chi connectivity index (χ4v) is 2.99. The minimum atomic E-state index is -2.10. The van der Waals surface area contributed by atoms with Crippen LogP contribution in [0.2, 0.25) is 13.1 Å². The van der Waals surface area contributed by atoms with E-state index in [1.54, 1.807) is 0 Å². The van der Waals surface area contributed by atoms with Crippen LogP contribution in [0.25, 0.3) is 0 Å². The third kappa shape index (κ3) is 3.05. The highest BCUT2D eigenvalue weighted by molar-refractivity contribution is 6.65. The zero-order valence-corrected chi connectivity index (χ0v) is 10.1. The maximum Gasteiger partial charge on any atom is 0.394 e. The van der Waals surface area contributed by atoms with Gasteiger partial charge < -0.3 is 13.6 Å². The van der Waals surface area contributed by atoms with Gasteiger partial charge in [0, 0.05) is 6.42 Å². The molecular formula is C11H16O3Si. The molecule has 0 spiro atoms. The van der Waals surface area contributed by atoms with Crippen molar-refractivity contribution in [1.82, 2.24) is 0 Å². The molecule has 0 amide bonds. The van der Waals surface area contributed by atoms with Crippen molar-refractivity contribution in [3.63, 3.8) is 0 Å². The molecule has 4 heteroatoms. The minimum Gasteiger partial charge on any atom is -0.520 e. The second-order valence-electron chi connectivity index (χ2n) is 4.02. The number of rotatable bonds is 4. The largest absolute Gasteiger partial charge is 0.520 e. The van der Waals surface area contributed by atoms with Crippen LogP contribution in [-0.2, 0) is 9.16 Å². The Hall–Kier alpha value is -0.843. The van der Waals surface area contributed by atoms with Gasteiger partial charge in [0.1, 0.15) is 5.75 Å². The summed E-state index contributed by atoms with van der Waals surface area (Å²) in [5.41, 5.74) is 0. The molecule has 1 aliphatic rings. The van der Waals surface area contributed by atoms with Crippen molar-refractivity contribution in [2.75, 3.05) is 6.61 Å². The van der Waals surface area contributed by atoms with Gasteiger partial charge in [-0.1, -0.05) is 18.2 Å². The van der Waals surface area contributed by atoms with Crippen LogP contribution in [0.15, 0.2) is 30.3 Å². The van der Waals surface area contributed by atoms with Crippen molar-refractivity contribution in [3.8, 4) is 5.75 Å². The maximum absolute atomic E-state index is 5.84. The molecule has 0 radical (unpaired) electrons. The topological polar surface area (TPSA) is 27.7 Å². The van der Waals surface area contributed by atoms with Crippen LogP contribution in [0.4, 0.5) is 0 Å². The Morgan fingerprint density at radius 2 is 1.93 bits per heavy atom. The first-order valence-electron chi connectivity index (χ1n) is 5.19. The molecule has 1 fully saturated rings. The second kappa shape index (κ2) is 4.34. The third-order valence-corrected chi connectivity index (χ3v) is 3.74. The lowest BCUT2D eigenvalue weighted by Gasteiger charge is -2.33. The van der Waals surface area contributed by atoms with Gasteiger partial charge in [-0.3, -0.25) is 0 Å². The van der Waals surface area contributed by atoms with Gasteiger partial charge in [-0.05, 0) is 25.2 Å². The fraction of sp³-hybridized carbons (Fsp3) is 0.455. The summed E-state index contributed by atoms with van der Waals surface area (Å²) < 4.78 is 16.9. The molecule has 0 saturated carbocycles. The first-order chi connectivity index (χ1) is 7.16. The smallest absolute Gasteiger partial charge is 0.394 e. The predicted molar refractivity (Wildman–Crippen MR) is 60.0 cm³/mol. The van der Waals surface area contributed by atoms with E-state index in [1.165, 1.54) is 0 Å². The monoisotopic (exact) mass is 224 g/mol. The molecule has 1 saturated heterocycles. The van der Waals surface area contributed by atoms with Crippen molar-refractivity contribution in [1.29, 1.82) is 0 Å². The first-order valence-corrected chi connectivity index (χ1v) is 8.01. The number of hydrogen-bond acceptors (Lipinski definition) is 3. The van der Waals surface area contributed by atoms with E-state index in [1.807, 2.05) is 43.4 Å². The molecule has 1 atom stereocenters. The molecule has 2 rings (SSSR count). The molecule has 3 nitrogen and oxygen atoms in total. The van der Waals surface area contributed by atoms with E-state index in [0.717, 1.165) is 18.8 Å². The summed E-state index contributed by atoms with van der Waals surface area (Å²) in [6, 6.07) is 9.77. The SMILES string of the molecule is C[Si](C)(Oc1ccccc1)OC1CCO1. The minimum absolute atomic E-state index is 0.0459. The molecule has 15 heavy (non-hydrogen) atoms. The molecule has 1 aromatic rings. The van der Waals surface area contributed by atoms with E-state index in [4.69, 9.17) is 13.6 Å². The van der Waals surface area contributed by atoms with E-state index >= 15 is 0 Å². The average Bonchev–Trinajstić information content (AvgIpc) is 2.13. The van der Waals surface area contributed by atoms with E-state index in [2.05, 4.69) is 0 Å². The summed E-state index contributed by atoms with van der Waals surface area (Å²) >= 11 is 0. The highest BCUT2D eigenvalue weighted by atomic mass is 28.4. The van der Waals surface area contributed by atoms with Crippen molar-refractivity contribution >= 4 is 8.56 Å². The molecule has 0 aliphatic carbocycles. The van der Waals surface area contributed by atoms with Crippen molar-refractivity contribution in [2.45, 2.75) is 25.8 Å². The van der Waals surface area contributed by atoms with Gasteiger partial charge in [-0.2, -0.15) is 0 Å². The Bertz CT molecular complexity index is 309. The molecule has 1 heterocycles. The van der Waals surface area contributed by atoms with Gasteiger partial charge in [-0.15, -0.1) is 0 Å². The quantitative estimate of drug-likeness (QED) is 0.736. The lowest BCUT2D eigenvalue weighted by molar-refractivity contribution is -0.175. The van der Waals surface area contributed by atoms with E-state index < -0.39 is 8.56 Å². The van der Waals surface area contributed by atoms with Crippen LogP contribution in [0, 0.1) is 0 Å². The normalized spacial score (nSPS) is 20.8. The van der Waals surface area contributed by atoms with Gasteiger partial charge in [0.2, 0.25) is 0 Å². The lowest BCUT2D eigenvalue weighted by Crippen LogP contribution is -2.46. The van der Waals surface area contributed by atoms with Crippen LogP contribution >= 0.6 is 0 Å². The Morgan fingerprint density at radius 3 is 2.47 bits per heavy atom. The summed E-state index contributed by atoms with van der Waals surface area (Å²) in [6.45, 7) is 4.86. The highest BCUT2D eigenvalue weighted by Gasteiger charge is 2.33. The average molecular weight is 224 g/mol. The summed E-state index contributed by atoms with van der Waals surface area (Å²) in [6.07, 6.45) is 0.935. The lowest BCUT2D eigenvalue weighted by atomic mass is 10.3. The number of benzene rings is 1. The Morgan fingerprint density at radius 1 is 1.27 bits per heavy atom. The molecule has 0 bridgehead atoms. The summed E-state index contributed by atoms with van der Waals surface area (Å²) in [5, 5.41) is 0. The Kier molecular flexibility index (Phi) is 3.09. The number of hydrogen-bond donors (Lipinski definition) is 0. The molecule has 82 valence electrons. The van der Waals surface area contributed by atoms with Gasteiger partial charge in [0.25, 0.3) is 0 Å². The molecule has 1 aliphatic heterocycles. The summed E-state index contributed by atoms with van der Waals surface area (Å²) in [4.78, 5) is 0. The van der Waals surface area contributed by atoms with Crippen LogP contribution in [0.3, 0.4) is 0 Å². The van der Waals surface area contributed by atoms with Crippen molar-refractivity contribution in [2.24, 2.45) is 0 Å². The van der Waals surface area contributed by atoms with Crippen LogP contribution < -0.4 is 4.43 Å². The Labute approximate surface area is 91.2 Å². The standard InChI is InChI=1S/C11H16O3Si/c1-15(2,14-11-8-9-12-11)13-10-6-4-3-5-7-10/h3-7,11H,8-9H2,1-2H3. The fourth-order valence-electron chi connectivity index (χ4n) is 1.42. The maximum atomic E-state index is 5.84. The zero-order valence-electron chi connectivity index (χ0n) is 9.10. The number of para-hydroxylation sites is 1. The first kappa shape index (κ1) is 10.7. The molecule has 1 aromatic carbocycles. The van der Waals surface area contributed by atoms with E-state index in [0.29, 0.717) is 0 Å². The van der Waals surface area contributed by atoms with Crippen LogP contribution in [0.5, 0.6) is 5.75 Å². The molecule has 0 N–H and O–H groups in total. The zero-order chi connectivity index (χ0) is 10.7. The second-order valence-corrected chi connectivity index (χ2v) is 7.26.